The van der Waals surface area contributed by atoms with Crippen molar-refractivity contribution in [3.63, 3.8) is 0 Å². The Morgan fingerprint density at radius 1 is 1.31 bits per heavy atom. The number of carboxylic acids is 1. The summed E-state index contributed by atoms with van der Waals surface area (Å²) in [5.41, 5.74) is -0.108. The highest BCUT2D eigenvalue weighted by molar-refractivity contribution is 5.82. The van der Waals surface area contributed by atoms with Crippen molar-refractivity contribution in [1.29, 1.82) is 0 Å². The van der Waals surface area contributed by atoms with Crippen molar-refractivity contribution in [2.75, 3.05) is 6.54 Å². The molecule has 0 saturated carbocycles. The minimum atomic E-state index is -1.20. The number of hydrogen-bond donors (Lipinski definition) is 2. The first-order chi connectivity index (χ1) is 7.50. The fraction of sp³-hybridized carbons (Fsp3) is 0.200. The van der Waals surface area contributed by atoms with E-state index in [0.29, 0.717) is 0 Å². The van der Waals surface area contributed by atoms with Crippen molar-refractivity contribution in [1.82, 2.24) is 5.32 Å². The van der Waals surface area contributed by atoms with Gasteiger partial charge >= 0.3 is 5.97 Å². The van der Waals surface area contributed by atoms with Gasteiger partial charge in [-0.25, -0.2) is 8.78 Å². The molecule has 1 aromatic carbocycles. The summed E-state index contributed by atoms with van der Waals surface area (Å²) >= 11 is 0. The van der Waals surface area contributed by atoms with E-state index in [-0.39, 0.29) is 5.56 Å². The molecule has 86 valence electrons. The van der Waals surface area contributed by atoms with Crippen LogP contribution < -0.4 is 5.32 Å². The van der Waals surface area contributed by atoms with Crippen molar-refractivity contribution in [2.24, 2.45) is 0 Å². The van der Waals surface area contributed by atoms with Crippen LogP contribution in [0.4, 0.5) is 8.78 Å². The van der Waals surface area contributed by atoms with E-state index in [1.165, 1.54) is 12.1 Å². The summed E-state index contributed by atoms with van der Waals surface area (Å²) in [4.78, 5) is 21.2. The second-order valence-corrected chi connectivity index (χ2v) is 3.06. The molecule has 0 spiro atoms. The van der Waals surface area contributed by atoms with E-state index < -0.39 is 36.5 Å². The number of rotatable bonds is 4. The summed E-state index contributed by atoms with van der Waals surface area (Å²) in [6.07, 6.45) is -0.392. The van der Waals surface area contributed by atoms with Crippen molar-refractivity contribution < 1.29 is 23.5 Å². The Morgan fingerprint density at radius 2 is 2.00 bits per heavy atom. The summed E-state index contributed by atoms with van der Waals surface area (Å²) in [5.74, 6) is -4.00. The molecular weight excluding hydrogens is 220 g/mol. The molecule has 6 heteroatoms. The Kier molecular flexibility index (Phi) is 3.93. The molecule has 0 heterocycles. The van der Waals surface area contributed by atoms with Gasteiger partial charge in [0.2, 0.25) is 5.91 Å². The van der Waals surface area contributed by atoms with Crippen LogP contribution in [0.25, 0.3) is 0 Å². The average Bonchev–Trinajstić information content (AvgIpc) is 2.22. The smallest absolute Gasteiger partial charge is 0.322 e. The SMILES string of the molecule is O=C(O)CNC(=O)Cc1cccc(F)c1F. The number of nitrogens with one attached hydrogen (secondary N) is 1. The largest absolute Gasteiger partial charge is 0.480 e. The van der Waals surface area contributed by atoms with Crippen LogP contribution in [0.15, 0.2) is 18.2 Å². The van der Waals surface area contributed by atoms with E-state index in [4.69, 9.17) is 5.11 Å². The van der Waals surface area contributed by atoms with Crippen LogP contribution in [-0.2, 0) is 16.0 Å². The van der Waals surface area contributed by atoms with Crippen LogP contribution in [0.2, 0.25) is 0 Å². The number of hydrogen-bond acceptors (Lipinski definition) is 2. The van der Waals surface area contributed by atoms with Crippen LogP contribution in [0.3, 0.4) is 0 Å². The highest BCUT2D eigenvalue weighted by atomic mass is 19.2. The van der Waals surface area contributed by atoms with Crippen molar-refractivity contribution in [2.45, 2.75) is 6.42 Å². The van der Waals surface area contributed by atoms with E-state index in [1.54, 1.807) is 0 Å². The molecule has 16 heavy (non-hydrogen) atoms. The molecule has 0 aliphatic rings. The second-order valence-electron chi connectivity index (χ2n) is 3.06. The molecule has 1 amide bonds. The molecule has 0 fully saturated rings. The molecule has 0 aliphatic carbocycles. The molecule has 1 rings (SSSR count). The lowest BCUT2D eigenvalue weighted by Gasteiger charge is -2.04. The van der Waals surface area contributed by atoms with E-state index >= 15 is 0 Å². The van der Waals surface area contributed by atoms with Gasteiger partial charge in [0.15, 0.2) is 11.6 Å². The monoisotopic (exact) mass is 229 g/mol. The maximum absolute atomic E-state index is 13.1. The van der Waals surface area contributed by atoms with Gasteiger partial charge < -0.3 is 10.4 Å². The van der Waals surface area contributed by atoms with Crippen molar-refractivity contribution in [3.8, 4) is 0 Å². The molecule has 0 radical (unpaired) electrons. The third-order valence-electron chi connectivity index (χ3n) is 1.82. The number of aliphatic carboxylic acids is 1. The van der Waals surface area contributed by atoms with Gasteiger partial charge in [-0.1, -0.05) is 12.1 Å². The first-order valence-electron chi connectivity index (χ1n) is 4.42. The van der Waals surface area contributed by atoms with Crippen molar-refractivity contribution >= 4 is 11.9 Å². The maximum atomic E-state index is 13.1. The minimum Gasteiger partial charge on any atom is -0.480 e. The van der Waals surface area contributed by atoms with Gasteiger partial charge in [-0.2, -0.15) is 0 Å². The first kappa shape index (κ1) is 12.1. The van der Waals surface area contributed by atoms with Gasteiger partial charge in [0.05, 0.1) is 6.42 Å². The lowest BCUT2D eigenvalue weighted by molar-refractivity contribution is -0.137. The average molecular weight is 229 g/mol. The predicted molar refractivity (Wildman–Crippen MR) is 50.7 cm³/mol. The number of carbonyl (C=O) groups excluding carboxylic acids is 1. The quantitative estimate of drug-likeness (QED) is 0.799. The van der Waals surface area contributed by atoms with Gasteiger partial charge in [0.25, 0.3) is 0 Å². The zero-order valence-corrected chi connectivity index (χ0v) is 8.17. The lowest BCUT2D eigenvalue weighted by atomic mass is 10.1. The molecule has 1 aromatic rings. The van der Waals surface area contributed by atoms with E-state index in [2.05, 4.69) is 0 Å². The Balaban J connectivity index is 2.63. The molecule has 4 nitrogen and oxygen atoms in total. The summed E-state index contributed by atoms with van der Waals surface area (Å²) in [6, 6.07) is 3.48. The molecule has 0 saturated heterocycles. The van der Waals surface area contributed by atoms with Gasteiger partial charge in [0.1, 0.15) is 6.54 Å². The zero-order chi connectivity index (χ0) is 12.1. The second kappa shape index (κ2) is 5.20. The first-order valence-corrected chi connectivity index (χ1v) is 4.42. The topological polar surface area (TPSA) is 66.4 Å². The molecule has 0 aliphatic heterocycles. The molecule has 0 bridgehead atoms. The summed E-state index contributed by atoms with van der Waals surface area (Å²) in [6.45, 7) is -0.546. The molecular formula is C10H9F2NO3. The van der Waals surface area contributed by atoms with Crippen LogP contribution in [0.1, 0.15) is 5.56 Å². The summed E-state index contributed by atoms with van der Waals surface area (Å²) in [7, 11) is 0. The third kappa shape index (κ3) is 3.30. The number of amides is 1. The summed E-state index contributed by atoms with van der Waals surface area (Å²) < 4.78 is 25.8. The van der Waals surface area contributed by atoms with E-state index in [1.807, 2.05) is 5.32 Å². The van der Waals surface area contributed by atoms with E-state index in [9.17, 15) is 18.4 Å². The Labute approximate surface area is 89.9 Å². The highest BCUT2D eigenvalue weighted by Gasteiger charge is 2.11. The molecule has 2 N–H and O–H groups in total. The Hall–Kier alpha value is -1.98. The number of halogens is 2. The van der Waals surface area contributed by atoms with Gasteiger partial charge in [-0.3, -0.25) is 9.59 Å². The lowest BCUT2D eigenvalue weighted by Crippen LogP contribution is -2.30. The van der Waals surface area contributed by atoms with Gasteiger partial charge in [0, 0.05) is 5.56 Å². The number of carboxylic acid groups (broad SMARTS) is 1. The zero-order valence-electron chi connectivity index (χ0n) is 8.17. The normalized spacial score (nSPS) is 9.88. The molecule has 0 unspecified atom stereocenters. The van der Waals surface area contributed by atoms with E-state index in [0.717, 1.165) is 6.07 Å². The van der Waals surface area contributed by atoms with Crippen LogP contribution in [0, 0.1) is 11.6 Å². The molecule has 0 aromatic heterocycles. The molecule has 0 atom stereocenters. The fourth-order valence-corrected chi connectivity index (χ4v) is 1.09. The summed E-state index contributed by atoms with van der Waals surface area (Å²) in [5, 5.41) is 10.3. The minimum absolute atomic E-state index is 0.108. The third-order valence-corrected chi connectivity index (χ3v) is 1.82. The highest BCUT2D eigenvalue weighted by Crippen LogP contribution is 2.11. The van der Waals surface area contributed by atoms with Crippen molar-refractivity contribution in [3.05, 3.63) is 35.4 Å². The van der Waals surface area contributed by atoms with Gasteiger partial charge in [-0.05, 0) is 6.07 Å². The number of benzene rings is 1. The Morgan fingerprint density at radius 3 is 2.62 bits per heavy atom. The van der Waals surface area contributed by atoms with Crippen LogP contribution in [-0.4, -0.2) is 23.5 Å². The number of carbonyl (C=O) groups is 2. The van der Waals surface area contributed by atoms with Gasteiger partial charge in [-0.15, -0.1) is 0 Å². The standard InChI is InChI=1S/C10H9F2NO3/c11-7-3-1-2-6(10(7)12)4-8(14)13-5-9(15)16/h1-3H,4-5H2,(H,13,14)(H,15,16). The fourth-order valence-electron chi connectivity index (χ4n) is 1.09. The Bertz CT molecular complexity index is 421. The van der Waals surface area contributed by atoms with Crippen LogP contribution in [0.5, 0.6) is 0 Å². The van der Waals surface area contributed by atoms with Crippen LogP contribution >= 0.6 is 0 Å². The maximum Gasteiger partial charge on any atom is 0.322 e. The predicted octanol–water partition coefficient (Wildman–Crippen LogP) is 0.708.